The third-order valence-electron chi connectivity index (χ3n) is 4.11. The Labute approximate surface area is 144 Å². The maximum absolute atomic E-state index is 13.7. The Bertz CT molecular complexity index is 992. The highest BCUT2D eigenvalue weighted by Crippen LogP contribution is 2.24. The van der Waals surface area contributed by atoms with E-state index in [4.69, 9.17) is 0 Å². The molecule has 1 aromatic heterocycles. The molecule has 0 aliphatic heterocycles. The molecule has 5 nitrogen and oxygen atoms in total. The van der Waals surface area contributed by atoms with Crippen LogP contribution in [0.1, 0.15) is 28.5 Å². The fourth-order valence-electron chi connectivity index (χ4n) is 2.69. The van der Waals surface area contributed by atoms with Gasteiger partial charge in [-0.15, -0.1) is 0 Å². The topological polar surface area (TPSA) is 74.0 Å². The van der Waals surface area contributed by atoms with Crippen molar-refractivity contribution in [3.63, 3.8) is 0 Å². The van der Waals surface area contributed by atoms with E-state index in [0.717, 1.165) is 22.2 Å². The molecule has 3 aromatic rings. The lowest BCUT2D eigenvalue weighted by atomic mass is 10.1. The van der Waals surface area contributed by atoms with Crippen LogP contribution in [-0.4, -0.2) is 16.8 Å². The van der Waals surface area contributed by atoms with Gasteiger partial charge < -0.3 is 15.6 Å². The van der Waals surface area contributed by atoms with Gasteiger partial charge >= 0.3 is 0 Å². The van der Waals surface area contributed by atoms with Gasteiger partial charge in [0.1, 0.15) is 5.82 Å². The molecule has 0 aliphatic rings. The molecular formula is C19H18FN3O2. The van der Waals surface area contributed by atoms with E-state index in [2.05, 4.69) is 15.6 Å². The first kappa shape index (κ1) is 16.7. The summed E-state index contributed by atoms with van der Waals surface area (Å²) in [7, 11) is 0. The Morgan fingerprint density at radius 2 is 1.80 bits per heavy atom. The maximum atomic E-state index is 13.7. The van der Waals surface area contributed by atoms with Crippen LogP contribution in [0, 0.1) is 19.7 Å². The van der Waals surface area contributed by atoms with Crippen LogP contribution in [0.15, 0.2) is 36.4 Å². The summed E-state index contributed by atoms with van der Waals surface area (Å²) in [5.41, 5.74) is 4.06. The quantitative estimate of drug-likeness (QED) is 0.671. The number of rotatable bonds is 3. The lowest BCUT2D eigenvalue weighted by Crippen LogP contribution is -2.13. The monoisotopic (exact) mass is 339 g/mol. The van der Waals surface area contributed by atoms with Gasteiger partial charge in [0.2, 0.25) is 5.91 Å². The van der Waals surface area contributed by atoms with Crippen molar-refractivity contribution in [2.24, 2.45) is 0 Å². The molecule has 0 radical (unpaired) electrons. The van der Waals surface area contributed by atoms with Gasteiger partial charge in [-0.3, -0.25) is 9.59 Å². The molecule has 6 heteroatoms. The van der Waals surface area contributed by atoms with Crippen LogP contribution in [0.3, 0.4) is 0 Å². The lowest BCUT2D eigenvalue weighted by molar-refractivity contribution is -0.114. The largest absolute Gasteiger partial charge is 0.358 e. The molecule has 0 saturated carbocycles. The molecule has 1 heterocycles. The predicted molar refractivity (Wildman–Crippen MR) is 96.4 cm³/mol. The number of aromatic amines is 1. The predicted octanol–water partition coefficient (Wildman–Crippen LogP) is 4.13. The number of anilines is 2. The van der Waals surface area contributed by atoms with Crippen molar-refractivity contribution in [3.8, 4) is 0 Å². The minimum atomic E-state index is -0.562. The minimum Gasteiger partial charge on any atom is -0.358 e. The van der Waals surface area contributed by atoms with Crippen molar-refractivity contribution in [2.75, 3.05) is 10.6 Å². The zero-order valence-corrected chi connectivity index (χ0v) is 14.2. The Balaban J connectivity index is 1.87. The summed E-state index contributed by atoms with van der Waals surface area (Å²) in [6, 6.07) is 9.44. The third-order valence-corrected chi connectivity index (χ3v) is 4.11. The molecule has 128 valence electrons. The van der Waals surface area contributed by atoms with Crippen LogP contribution in [0.5, 0.6) is 0 Å². The summed E-state index contributed by atoms with van der Waals surface area (Å²) >= 11 is 0. The fourth-order valence-corrected chi connectivity index (χ4v) is 2.69. The second-order valence-electron chi connectivity index (χ2n) is 5.97. The standard InChI is InChI=1S/C19H18FN3O2/c1-10-11(2)21-17-7-4-13(8-15(10)17)19(25)23-14-5-6-16(20)18(9-14)22-12(3)24/h4-9,21H,1-3H3,(H,22,24)(H,23,25). The van der Waals surface area contributed by atoms with E-state index in [0.29, 0.717) is 11.3 Å². The molecule has 0 fully saturated rings. The van der Waals surface area contributed by atoms with Crippen LogP contribution in [0.4, 0.5) is 15.8 Å². The maximum Gasteiger partial charge on any atom is 0.255 e. The highest BCUT2D eigenvalue weighted by atomic mass is 19.1. The number of aromatic nitrogens is 1. The van der Waals surface area contributed by atoms with Gasteiger partial charge in [0.05, 0.1) is 5.69 Å². The Morgan fingerprint density at radius 3 is 2.52 bits per heavy atom. The van der Waals surface area contributed by atoms with Crippen molar-refractivity contribution in [1.29, 1.82) is 0 Å². The van der Waals surface area contributed by atoms with E-state index in [-0.39, 0.29) is 17.5 Å². The molecule has 0 atom stereocenters. The van der Waals surface area contributed by atoms with E-state index in [1.165, 1.54) is 25.1 Å². The number of nitrogens with one attached hydrogen (secondary N) is 3. The number of hydrogen-bond donors (Lipinski definition) is 3. The Hall–Kier alpha value is -3.15. The number of aryl methyl sites for hydroxylation is 2. The van der Waals surface area contributed by atoms with E-state index >= 15 is 0 Å². The highest BCUT2D eigenvalue weighted by Gasteiger charge is 2.12. The SMILES string of the molecule is CC(=O)Nc1cc(NC(=O)c2ccc3[nH]c(C)c(C)c3c2)ccc1F. The van der Waals surface area contributed by atoms with Gasteiger partial charge in [-0.25, -0.2) is 4.39 Å². The number of H-pyrrole nitrogens is 1. The number of hydrogen-bond acceptors (Lipinski definition) is 2. The fraction of sp³-hybridized carbons (Fsp3) is 0.158. The summed E-state index contributed by atoms with van der Waals surface area (Å²) in [5, 5.41) is 6.10. The number of carbonyl (C=O) groups is 2. The van der Waals surface area contributed by atoms with Crippen LogP contribution in [0.2, 0.25) is 0 Å². The van der Waals surface area contributed by atoms with Crippen molar-refractivity contribution in [3.05, 3.63) is 59.0 Å². The van der Waals surface area contributed by atoms with Crippen LogP contribution in [0.25, 0.3) is 10.9 Å². The summed E-state index contributed by atoms with van der Waals surface area (Å²) in [6.45, 7) is 5.27. The summed E-state index contributed by atoms with van der Waals surface area (Å²) in [6.07, 6.45) is 0. The number of fused-ring (bicyclic) bond motifs is 1. The van der Waals surface area contributed by atoms with Crippen LogP contribution in [-0.2, 0) is 4.79 Å². The number of benzene rings is 2. The number of halogens is 1. The lowest BCUT2D eigenvalue weighted by Gasteiger charge is -2.09. The van der Waals surface area contributed by atoms with Crippen LogP contribution < -0.4 is 10.6 Å². The van der Waals surface area contributed by atoms with Gasteiger partial charge in [-0.1, -0.05) is 0 Å². The second-order valence-corrected chi connectivity index (χ2v) is 5.97. The first-order chi connectivity index (χ1) is 11.8. The number of amides is 2. The van der Waals surface area contributed by atoms with Gasteiger partial charge in [-0.05, 0) is 55.8 Å². The van der Waals surface area contributed by atoms with Crippen LogP contribution >= 0.6 is 0 Å². The second kappa shape index (κ2) is 6.39. The summed E-state index contributed by atoms with van der Waals surface area (Å²) < 4.78 is 13.7. The molecule has 3 N–H and O–H groups in total. The van der Waals surface area contributed by atoms with Crippen molar-refractivity contribution < 1.29 is 14.0 Å². The van der Waals surface area contributed by atoms with Gasteiger partial charge in [0.25, 0.3) is 5.91 Å². The molecule has 0 spiro atoms. The third kappa shape index (κ3) is 3.38. The molecule has 0 aliphatic carbocycles. The molecule has 2 aromatic carbocycles. The van der Waals surface area contributed by atoms with Crippen molar-refractivity contribution in [2.45, 2.75) is 20.8 Å². The first-order valence-electron chi connectivity index (χ1n) is 7.82. The van der Waals surface area contributed by atoms with Gasteiger partial charge in [-0.2, -0.15) is 0 Å². The van der Waals surface area contributed by atoms with Crippen molar-refractivity contribution in [1.82, 2.24) is 4.98 Å². The molecular weight excluding hydrogens is 321 g/mol. The smallest absolute Gasteiger partial charge is 0.255 e. The van der Waals surface area contributed by atoms with Gasteiger partial charge in [0, 0.05) is 34.8 Å². The van der Waals surface area contributed by atoms with E-state index in [1.54, 1.807) is 6.07 Å². The molecule has 0 saturated heterocycles. The van der Waals surface area contributed by atoms with E-state index in [9.17, 15) is 14.0 Å². The summed E-state index contributed by atoms with van der Waals surface area (Å²) in [4.78, 5) is 26.9. The average molecular weight is 339 g/mol. The van der Waals surface area contributed by atoms with E-state index in [1.807, 2.05) is 26.0 Å². The molecule has 0 unspecified atom stereocenters. The Kier molecular flexibility index (Phi) is 4.27. The Morgan fingerprint density at radius 1 is 1.04 bits per heavy atom. The number of carbonyl (C=O) groups excluding carboxylic acids is 2. The average Bonchev–Trinajstić information content (AvgIpc) is 2.84. The van der Waals surface area contributed by atoms with Gasteiger partial charge in [0.15, 0.2) is 0 Å². The highest BCUT2D eigenvalue weighted by molar-refractivity contribution is 6.07. The zero-order valence-electron chi connectivity index (χ0n) is 14.2. The van der Waals surface area contributed by atoms with Crippen molar-refractivity contribution >= 4 is 34.1 Å². The molecule has 2 amide bonds. The molecule has 25 heavy (non-hydrogen) atoms. The summed E-state index contributed by atoms with van der Waals surface area (Å²) in [5.74, 6) is -1.25. The van der Waals surface area contributed by atoms with E-state index < -0.39 is 5.82 Å². The minimum absolute atomic E-state index is 0.0258. The zero-order chi connectivity index (χ0) is 18.1. The first-order valence-corrected chi connectivity index (χ1v) is 7.82. The molecule has 3 rings (SSSR count). The molecule has 0 bridgehead atoms. The normalized spacial score (nSPS) is 10.7.